The molecule has 1 aliphatic carbocycles. The number of anilines is 2. The molecule has 1 fully saturated rings. The normalized spacial score (nSPS) is 16.4. The van der Waals surface area contributed by atoms with Crippen LogP contribution in [0.5, 0.6) is 0 Å². The highest BCUT2D eigenvalue weighted by Gasteiger charge is 2.23. The number of carbonyl (C=O) groups excluding carboxylic acids is 1. The lowest BCUT2D eigenvalue weighted by Gasteiger charge is -2.24. The zero-order valence-electron chi connectivity index (χ0n) is 15.1. The van der Waals surface area contributed by atoms with Crippen molar-refractivity contribution in [2.75, 3.05) is 17.3 Å². The Labute approximate surface area is 148 Å². The third-order valence-electron chi connectivity index (χ3n) is 4.94. The standard InChI is InChI=1S/C18H26N6O/c1-13(18-20-21-22-24(18)17-7-5-4-6-8-17)19-15-9-11-16(12-10-15)23(3)14(2)25/h9-13,17,19H,4-8H2,1-3H3. The first-order chi connectivity index (χ1) is 12.1. The Bertz CT molecular complexity index is 705. The smallest absolute Gasteiger partial charge is 0.223 e. The molecular formula is C18H26N6O. The maximum Gasteiger partial charge on any atom is 0.223 e. The number of aromatic nitrogens is 4. The van der Waals surface area contributed by atoms with Crippen molar-refractivity contribution in [3.63, 3.8) is 0 Å². The maximum absolute atomic E-state index is 11.4. The van der Waals surface area contributed by atoms with E-state index < -0.39 is 0 Å². The number of benzene rings is 1. The molecule has 1 saturated carbocycles. The quantitative estimate of drug-likeness (QED) is 0.902. The first-order valence-corrected chi connectivity index (χ1v) is 8.95. The first kappa shape index (κ1) is 17.4. The zero-order valence-corrected chi connectivity index (χ0v) is 15.1. The summed E-state index contributed by atoms with van der Waals surface area (Å²) in [5.41, 5.74) is 1.85. The van der Waals surface area contributed by atoms with Crippen molar-refractivity contribution < 1.29 is 4.79 Å². The van der Waals surface area contributed by atoms with E-state index in [2.05, 4.69) is 27.8 Å². The minimum Gasteiger partial charge on any atom is -0.375 e. The van der Waals surface area contributed by atoms with Crippen molar-refractivity contribution in [3.05, 3.63) is 30.1 Å². The maximum atomic E-state index is 11.4. The van der Waals surface area contributed by atoms with Gasteiger partial charge in [-0.1, -0.05) is 19.3 Å². The number of nitrogens with one attached hydrogen (secondary N) is 1. The average Bonchev–Trinajstić information content (AvgIpc) is 3.12. The number of amides is 1. The Morgan fingerprint density at radius 1 is 1.24 bits per heavy atom. The van der Waals surface area contributed by atoms with Gasteiger partial charge in [0.05, 0.1) is 12.1 Å². The monoisotopic (exact) mass is 342 g/mol. The third kappa shape index (κ3) is 3.97. The molecule has 0 bridgehead atoms. The molecule has 1 N–H and O–H groups in total. The molecule has 134 valence electrons. The van der Waals surface area contributed by atoms with E-state index in [1.165, 1.54) is 19.3 Å². The Balaban J connectivity index is 1.69. The van der Waals surface area contributed by atoms with Crippen LogP contribution in [0.1, 0.15) is 63.9 Å². The fourth-order valence-electron chi connectivity index (χ4n) is 3.35. The molecule has 1 aromatic heterocycles. The minimum atomic E-state index is 0.00770. The second-order valence-corrected chi connectivity index (χ2v) is 6.76. The molecule has 25 heavy (non-hydrogen) atoms. The van der Waals surface area contributed by atoms with Gasteiger partial charge in [-0.05, 0) is 54.5 Å². The molecule has 1 aromatic carbocycles. The molecule has 1 atom stereocenters. The van der Waals surface area contributed by atoms with Gasteiger partial charge in [-0.15, -0.1) is 5.10 Å². The van der Waals surface area contributed by atoms with E-state index in [-0.39, 0.29) is 11.9 Å². The second kappa shape index (κ2) is 7.63. The van der Waals surface area contributed by atoms with Gasteiger partial charge in [0.2, 0.25) is 5.91 Å². The van der Waals surface area contributed by atoms with Crippen molar-refractivity contribution in [1.82, 2.24) is 20.2 Å². The Morgan fingerprint density at radius 2 is 1.92 bits per heavy atom. The van der Waals surface area contributed by atoms with Gasteiger partial charge in [0.1, 0.15) is 0 Å². The van der Waals surface area contributed by atoms with E-state index in [9.17, 15) is 4.79 Å². The summed E-state index contributed by atoms with van der Waals surface area (Å²) in [6.07, 6.45) is 6.10. The molecule has 0 aliphatic heterocycles. The van der Waals surface area contributed by atoms with Gasteiger partial charge in [0.15, 0.2) is 5.82 Å². The second-order valence-electron chi connectivity index (χ2n) is 6.76. The number of carbonyl (C=O) groups is 1. The van der Waals surface area contributed by atoms with Crippen LogP contribution in [0.2, 0.25) is 0 Å². The lowest BCUT2D eigenvalue weighted by molar-refractivity contribution is -0.116. The van der Waals surface area contributed by atoms with Crippen LogP contribution in [0.25, 0.3) is 0 Å². The summed E-state index contributed by atoms with van der Waals surface area (Å²) in [5, 5.41) is 15.8. The van der Waals surface area contributed by atoms with E-state index in [0.717, 1.165) is 30.0 Å². The zero-order chi connectivity index (χ0) is 17.8. The summed E-state index contributed by atoms with van der Waals surface area (Å²) in [4.78, 5) is 13.1. The van der Waals surface area contributed by atoms with Gasteiger partial charge in [-0.3, -0.25) is 4.79 Å². The van der Waals surface area contributed by atoms with Crippen molar-refractivity contribution in [2.45, 2.75) is 58.0 Å². The summed E-state index contributed by atoms with van der Waals surface area (Å²) in [5.74, 6) is 0.887. The lowest BCUT2D eigenvalue weighted by Crippen LogP contribution is -2.22. The highest BCUT2D eigenvalue weighted by molar-refractivity contribution is 5.91. The predicted molar refractivity (Wildman–Crippen MR) is 97.5 cm³/mol. The number of rotatable bonds is 5. The topological polar surface area (TPSA) is 75.9 Å². The average molecular weight is 342 g/mol. The molecule has 1 aliphatic rings. The molecule has 0 spiro atoms. The highest BCUT2D eigenvalue weighted by atomic mass is 16.2. The van der Waals surface area contributed by atoms with Gasteiger partial charge in [-0.25, -0.2) is 4.68 Å². The van der Waals surface area contributed by atoms with Crippen LogP contribution >= 0.6 is 0 Å². The molecule has 0 radical (unpaired) electrons. The number of hydrogen-bond donors (Lipinski definition) is 1. The molecule has 1 unspecified atom stereocenters. The summed E-state index contributed by atoms with van der Waals surface area (Å²) < 4.78 is 1.99. The largest absolute Gasteiger partial charge is 0.375 e. The van der Waals surface area contributed by atoms with Crippen molar-refractivity contribution in [3.8, 4) is 0 Å². The van der Waals surface area contributed by atoms with Gasteiger partial charge < -0.3 is 10.2 Å². The first-order valence-electron chi connectivity index (χ1n) is 8.95. The van der Waals surface area contributed by atoms with Gasteiger partial charge >= 0.3 is 0 Å². The van der Waals surface area contributed by atoms with Gasteiger partial charge in [0, 0.05) is 25.3 Å². The molecule has 0 saturated heterocycles. The summed E-state index contributed by atoms with van der Waals surface area (Å²) in [7, 11) is 1.77. The van der Waals surface area contributed by atoms with E-state index >= 15 is 0 Å². The SMILES string of the molecule is CC(=O)N(C)c1ccc(NC(C)c2nnnn2C2CCCCC2)cc1. The molecule has 7 heteroatoms. The van der Waals surface area contributed by atoms with Gasteiger partial charge in [-0.2, -0.15) is 0 Å². The van der Waals surface area contributed by atoms with E-state index in [0.29, 0.717) is 6.04 Å². The van der Waals surface area contributed by atoms with Crippen LogP contribution in [0, 0.1) is 0 Å². The molecule has 7 nitrogen and oxygen atoms in total. The number of tetrazole rings is 1. The van der Waals surface area contributed by atoms with Crippen LogP contribution in [-0.4, -0.2) is 33.2 Å². The lowest BCUT2D eigenvalue weighted by atomic mass is 9.95. The van der Waals surface area contributed by atoms with E-state index in [1.807, 2.05) is 28.9 Å². The fraction of sp³-hybridized carbons (Fsp3) is 0.556. The molecule has 1 heterocycles. The Morgan fingerprint density at radius 3 is 2.56 bits per heavy atom. The summed E-state index contributed by atoms with van der Waals surface area (Å²) >= 11 is 0. The van der Waals surface area contributed by atoms with E-state index in [1.54, 1.807) is 18.9 Å². The van der Waals surface area contributed by atoms with Crippen LogP contribution in [0.4, 0.5) is 11.4 Å². The third-order valence-corrected chi connectivity index (χ3v) is 4.94. The predicted octanol–water partition coefficient (Wildman–Crippen LogP) is 3.33. The molecular weight excluding hydrogens is 316 g/mol. The van der Waals surface area contributed by atoms with Crippen LogP contribution in [0.3, 0.4) is 0 Å². The van der Waals surface area contributed by atoms with Crippen molar-refractivity contribution in [1.29, 1.82) is 0 Å². The summed E-state index contributed by atoms with van der Waals surface area (Å²) in [6.45, 7) is 3.62. The van der Waals surface area contributed by atoms with Gasteiger partial charge in [0.25, 0.3) is 0 Å². The Kier molecular flexibility index (Phi) is 5.31. The van der Waals surface area contributed by atoms with E-state index in [4.69, 9.17) is 0 Å². The van der Waals surface area contributed by atoms with Crippen molar-refractivity contribution >= 4 is 17.3 Å². The summed E-state index contributed by atoms with van der Waals surface area (Å²) in [6, 6.07) is 8.23. The molecule has 1 amide bonds. The number of hydrogen-bond acceptors (Lipinski definition) is 5. The molecule has 2 aromatic rings. The van der Waals surface area contributed by atoms with Crippen LogP contribution in [-0.2, 0) is 4.79 Å². The van der Waals surface area contributed by atoms with Crippen LogP contribution < -0.4 is 10.2 Å². The number of nitrogens with zero attached hydrogens (tertiary/aromatic N) is 5. The highest BCUT2D eigenvalue weighted by Crippen LogP contribution is 2.30. The minimum absolute atomic E-state index is 0.00770. The van der Waals surface area contributed by atoms with Crippen molar-refractivity contribution in [2.24, 2.45) is 0 Å². The molecule has 3 rings (SSSR count). The van der Waals surface area contributed by atoms with Crippen LogP contribution in [0.15, 0.2) is 24.3 Å². The fourth-order valence-corrected chi connectivity index (χ4v) is 3.35. The Hall–Kier alpha value is -2.44.